The Balaban J connectivity index is 2.00. The van der Waals surface area contributed by atoms with E-state index in [4.69, 9.17) is 5.84 Å². The summed E-state index contributed by atoms with van der Waals surface area (Å²) in [5.41, 5.74) is 2.88. The van der Waals surface area contributed by atoms with Crippen molar-refractivity contribution in [1.29, 1.82) is 0 Å². The van der Waals surface area contributed by atoms with Crippen LogP contribution in [0.1, 0.15) is 10.9 Å². The van der Waals surface area contributed by atoms with Crippen molar-refractivity contribution in [2.45, 2.75) is 10.9 Å². The fraction of sp³-hybridized carbons (Fsp3) is 0.167. The van der Waals surface area contributed by atoms with Gasteiger partial charge in [0.2, 0.25) is 0 Å². The summed E-state index contributed by atoms with van der Waals surface area (Å²) < 4.78 is 1.12. The van der Waals surface area contributed by atoms with Crippen LogP contribution < -0.4 is 11.3 Å². The summed E-state index contributed by atoms with van der Waals surface area (Å²) in [7, 11) is 0. The van der Waals surface area contributed by atoms with Gasteiger partial charge >= 0.3 is 0 Å². The molecule has 5 heteroatoms. The monoisotopic (exact) mass is 328 g/mol. The van der Waals surface area contributed by atoms with E-state index in [-0.39, 0.29) is 6.04 Å². The first-order valence-corrected chi connectivity index (χ1v) is 7.84. The summed E-state index contributed by atoms with van der Waals surface area (Å²) in [6.07, 6.45) is 0. The Morgan fingerprint density at radius 1 is 1.29 bits per heavy atom. The van der Waals surface area contributed by atoms with Crippen LogP contribution in [-0.4, -0.2) is 5.75 Å². The molecule has 0 bridgehead atoms. The molecule has 90 valence electrons. The second-order valence-electron chi connectivity index (χ2n) is 3.48. The zero-order chi connectivity index (χ0) is 12.1. The summed E-state index contributed by atoms with van der Waals surface area (Å²) in [5.74, 6) is 6.54. The van der Waals surface area contributed by atoms with Crippen LogP contribution in [0.25, 0.3) is 0 Å². The number of rotatable bonds is 5. The number of hydrogen-bond acceptors (Lipinski definition) is 4. The van der Waals surface area contributed by atoms with Gasteiger partial charge in [-0.25, -0.2) is 0 Å². The second-order valence-corrected chi connectivity index (χ2v) is 6.37. The number of benzene rings is 1. The Morgan fingerprint density at radius 2 is 2.06 bits per heavy atom. The molecular weight excluding hydrogens is 316 g/mol. The molecule has 1 unspecified atom stereocenters. The van der Waals surface area contributed by atoms with Gasteiger partial charge in [0.25, 0.3) is 0 Å². The van der Waals surface area contributed by atoms with Crippen molar-refractivity contribution in [3.05, 3.63) is 51.1 Å². The minimum absolute atomic E-state index is 0.176. The summed E-state index contributed by atoms with van der Waals surface area (Å²) in [5, 5.41) is 2.07. The smallest absolute Gasteiger partial charge is 0.0658 e. The van der Waals surface area contributed by atoms with Gasteiger partial charge in [0.15, 0.2) is 0 Å². The zero-order valence-corrected chi connectivity index (χ0v) is 12.3. The number of halogens is 1. The van der Waals surface area contributed by atoms with Gasteiger partial charge in [0, 0.05) is 20.0 Å². The van der Waals surface area contributed by atoms with Crippen LogP contribution in [0.3, 0.4) is 0 Å². The minimum atomic E-state index is 0.176. The first-order chi connectivity index (χ1) is 8.31. The molecule has 0 aliphatic rings. The summed E-state index contributed by atoms with van der Waals surface area (Å²) >= 11 is 7.06. The highest BCUT2D eigenvalue weighted by Gasteiger charge is 2.14. The average molecular weight is 329 g/mol. The van der Waals surface area contributed by atoms with Crippen LogP contribution in [0.5, 0.6) is 0 Å². The largest absolute Gasteiger partial charge is 0.271 e. The molecule has 0 fully saturated rings. The molecule has 2 aromatic rings. The summed E-state index contributed by atoms with van der Waals surface area (Å²) in [4.78, 5) is 2.51. The standard InChI is InChI=1S/C12H13BrN2S2/c13-10-6-7-16-12(10)11(15-14)8-17-9-4-2-1-3-5-9/h1-7,11,15H,8,14H2. The van der Waals surface area contributed by atoms with E-state index in [1.807, 2.05) is 18.2 Å². The molecule has 2 rings (SSSR count). The SMILES string of the molecule is NNC(CSc1ccccc1)c1sccc1Br. The van der Waals surface area contributed by atoms with Gasteiger partial charge in [0.1, 0.15) is 0 Å². The van der Waals surface area contributed by atoms with Crippen LogP contribution >= 0.6 is 39.0 Å². The molecular formula is C12H13BrN2S2. The van der Waals surface area contributed by atoms with Crippen molar-refractivity contribution in [3.8, 4) is 0 Å². The molecule has 0 radical (unpaired) electrons. The van der Waals surface area contributed by atoms with Crippen LogP contribution in [0, 0.1) is 0 Å². The quantitative estimate of drug-likeness (QED) is 0.498. The van der Waals surface area contributed by atoms with Gasteiger partial charge < -0.3 is 0 Å². The summed E-state index contributed by atoms with van der Waals surface area (Å²) in [6.45, 7) is 0. The van der Waals surface area contributed by atoms with E-state index in [9.17, 15) is 0 Å². The van der Waals surface area contributed by atoms with Gasteiger partial charge in [-0.1, -0.05) is 18.2 Å². The molecule has 0 saturated carbocycles. The van der Waals surface area contributed by atoms with Gasteiger partial charge in [-0.15, -0.1) is 23.1 Å². The van der Waals surface area contributed by atoms with Gasteiger partial charge in [-0.2, -0.15) is 0 Å². The molecule has 2 nitrogen and oxygen atoms in total. The molecule has 1 heterocycles. The first-order valence-electron chi connectivity index (χ1n) is 5.18. The Morgan fingerprint density at radius 3 is 2.65 bits per heavy atom. The highest BCUT2D eigenvalue weighted by molar-refractivity contribution is 9.10. The third-order valence-corrected chi connectivity index (χ3v) is 5.41. The highest BCUT2D eigenvalue weighted by atomic mass is 79.9. The van der Waals surface area contributed by atoms with E-state index in [2.05, 4.69) is 44.9 Å². The van der Waals surface area contributed by atoms with Crippen LogP contribution in [-0.2, 0) is 0 Å². The maximum atomic E-state index is 5.62. The van der Waals surface area contributed by atoms with Crippen LogP contribution in [0.15, 0.2) is 51.1 Å². The van der Waals surface area contributed by atoms with E-state index in [1.165, 1.54) is 9.77 Å². The molecule has 0 amide bonds. The zero-order valence-electron chi connectivity index (χ0n) is 9.10. The third kappa shape index (κ3) is 3.56. The second kappa shape index (κ2) is 6.56. The Labute approximate surface area is 118 Å². The fourth-order valence-corrected chi connectivity index (χ4v) is 4.24. The van der Waals surface area contributed by atoms with Crippen molar-refractivity contribution < 1.29 is 0 Å². The lowest BCUT2D eigenvalue weighted by atomic mass is 10.3. The van der Waals surface area contributed by atoms with Crippen LogP contribution in [0.4, 0.5) is 0 Å². The molecule has 0 spiro atoms. The Hall–Kier alpha value is -0.330. The van der Waals surface area contributed by atoms with Gasteiger partial charge in [-0.05, 0) is 39.5 Å². The number of thiophene rings is 1. The molecule has 1 atom stereocenters. The molecule has 1 aromatic carbocycles. The van der Waals surface area contributed by atoms with Crippen molar-refractivity contribution in [3.63, 3.8) is 0 Å². The molecule has 3 N–H and O–H groups in total. The number of nitrogens with two attached hydrogens (primary N) is 1. The van der Waals surface area contributed by atoms with E-state index < -0.39 is 0 Å². The number of hydrogen-bond donors (Lipinski definition) is 2. The number of hydrazine groups is 1. The third-order valence-electron chi connectivity index (χ3n) is 2.32. The van der Waals surface area contributed by atoms with Crippen molar-refractivity contribution in [2.75, 3.05) is 5.75 Å². The minimum Gasteiger partial charge on any atom is -0.271 e. The molecule has 0 aliphatic heterocycles. The normalized spacial score (nSPS) is 12.6. The topological polar surface area (TPSA) is 38.0 Å². The van der Waals surface area contributed by atoms with E-state index in [0.29, 0.717) is 0 Å². The number of nitrogens with one attached hydrogen (secondary N) is 1. The predicted octanol–water partition coefficient (Wildman–Crippen LogP) is 3.81. The lowest BCUT2D eigenvalue weighted by Gasteiger charge is -2.14. The van der Waals surface area contributed by atoms with Crippen molar-refractivity contribution in [1.82, 2.24) is 5.43 Å². The molecule has 0 saturated heterocycles. The highest BCUT2D eigenvalue weighted by Crippen LogP contribution is 2.32. The van der Waals surface area contributed by atoms with Gasteiger partial charge in [-0.3, -0.25) is 11.3 Å². The van der Waals surface area contributed by atoms with Gasteiger partial charge in [0.05, 0.1) is 6.04 Å². The lowest BCUT2D eigenvalue weighted by Crippen LogP contribution is -2.29. The molecule has 1 aromatic heterocycles. The maximum Gasteiger partial charge on any atom is 0.0658 e. The van der Waals surface area contributed by atoms with Crippen molar-refractivity contribution in [2.24, 2.45) is 5.84 Å². The van der Waals surface area contributed by atoms with Crippen molar-refractivity contribution >= 4 is 39.0 Å². The van der Waals surface area contributed by atoms with E-state index in [0.717, 1.165) is 10.2 Å². The van der Waals surface area contributed by atoms with E-state index >= 15 is 0 Å². The van der Waals surface area contributed by atoms with Crippen LogP contribution in [0.2, 0.25) is 0 Å². The Bertz CT molecular complexity index is 459. The number of thioether (sulfide) groups is 1. The fourth-order valence-electron chi connectivity index (χ4n) is 1.45. The molecule has 17 heavy (non-hydrogen) atoms. The molecule has 0 aliphatic carbocycles. The maximum absolute atomic E-state index is 5.62. The first kappa shape index (κ1) is 13.1. The lowest BCUT2D eigenvalue weighted by molar-refractivity contribution is 0.618. The Kier molecular flexibility index (Phi) is 5.06. The predicted molar refractivity (Wildman–Crippen MR) is 79.2 cm³/mol. The summed E-state index contributed by atoms with van der Waals surface area (Å²) in [6, 6.07) is 12.6. The average Bonchev–Trinajstić information content (AvgIpc) is 2.78. The van der Waals surface area contributed by atoms with E-state index in [1.54, 1.807) is 23.1 Å².